The van der Waals surface area contributed by atoms with Gasteiger partial charge in [-0.1, -0.05) is 305 Å². The molecular formula is C105H78N4. The Morgan fingerprint density at radius 3 is 0.725 bits per heavy atom. The highest BCUT2D eigenvalue weighted by atomic mass is 15.1. The molecule has 20 rings (SSSR count). The quantitative estimate of drug-likeness (QED) is 0.113. The third-order valence-corrected chi connectivity index (χ3v) is 22.0. The molecule has 0 fully saturated rings. The molecule has 0 saturated heterocycles. The van der Waals surface area contributed by atoms with Crippen molar-refractivity contribution in [1.82, 2.24) is 9.13 Å². The number of rotatable bonds is 12. The van der Waals surface area contributed by atoms with Gasteiger partial charge in [0.1, 0.15) is 0 Å². The summed E-state index contributed by atoms with van der Waals surface area (Å²) in [6, 6.07) is 146. The first-order chi connectivity index (χ1) is 53.7. The van der Waals surface area contributed by atoms with Crippen LogP contribution in [0.3, 0.4) is 0 Å². The third-order valence-electron chi connectivity index (χ3n) is 22.0. The molecule has 18 aromatic carbocycles. The van der Waals surface area contributed by atoms with E-state index in [-0.39, 0.29) is 5.41 Å². The van der Waals surface area contributed by atoms with E-state index in [1.165, 1.54) is 142 Å². The summed E-state index contributed by atoms with van der Waals surface area (Å²) in [4.78, 5) is 4.67. The van der Waals surface area contributed by atoms with E-state index in [1.807, 2.05) is 0 Å². The molecule has 0 saturated carbocycles. The Morgan fingerprint density at radius 2 is 0.440 bits per heavy atom. The fourth-order valence-corrected chi connectivity index (χ4v) is 16.9. The lowest BCUT2D eigenvalue weighted by molar-refractivity contribution is 0.590. The molecule has 0 aliphatic heterocycles. The molecule has 0 bridgehead atoms. The summed E-state index contributed by atoms with van der Waals surface area (Å²) in [5.41, 5.74) is 26.5. The highest BCUT2D eigenvalue weighted by Crippen LogP contribution is 2.48. The molecule has 0 radical (unpaired) electrons. The van der Waals surface area contributed by atoms with E-state index in [1.54, 1.807) is 0 Å². The van der Waals surface area contributed by atoms with Gasteiger partial charge in [-0.2, -0.15) is 0 Å². The number of aryl methyl sites for hydroxylation is 1. The molecule has 4 heteroatoms. The number of anilines is 6. The number of aromatic nitrogens is 2. The molecule has 518 valence electrons. The maximum atomic E-state index is 2.41. The number of fused-ring (bicyclic) bond motifs is 10. The molecule has 0 amide bonds. The predicted molar refractivity (Wildman–Crippen MR) is 466 cm³/mol. The van der Waals surface area contributed by atoms with Gasteiger partial charge in [-0.15, -0.1) is 0 Å². The minimum absolute atomic E-state index is 0.104. The van der Waals surface area contributed by atoms with Gasteiger partial charge < -0.3 is 18.9 Å². The van der Waals surface area contributed by atoms with Gasteiger partial charge in [-0.05, 0) is 227 Å². The van der Waals surface area contributed by atoms with E-state index in [9.17, 15) is 0 Å². The molecule has 2 heterocycles. The summed E-state index contributed by atoms with van der Waals surface area (Å²) in [6.07, 6.45) is 0. The molecule has 4 nitrogen and oxygen atoms in total. The van der Waals surface area contributed by atoms with Crippen molar-refractivity contribution in [3.05, 3.63) is 412 Å². The van der Waals surface area contributed by atoms with Crippen LogP contribution in [0.2, 0.25) is 0 Å². The number of benzene rings is 18. The second-order valence-corrected chi connectivity index (χ2v) is 29.6. The fourth-order valence-electron chi connectivity index (χ4n) is 16.9. The average Bonchev–Trinajstić information content (AvgIpc) is 1.60. The van der Waals surface area contributed by atoms with E-state index in [4.69, 9.17) is 0 Å². The van der Waals surface area contributed by atoms with E-state index in [0.717, 1.165) is 45.5 Å². The summed E-state index contributed by atoms with van der Waals surface area (Å²) in [6.45, 7) is 8.97. The first-order valence-electron chi connectivity index (χ1n) is 37.8. The van der Waals surface area contributed by atoms with E-state index in [0.29, 0.717) is 0 Å². The smallest absolute Gasteiger partial charge is 0.0542 e. The molecule has 0 atom stereocenters. The normalized spacial score (nSPS) is 11.7. The number of hydrogen-bond acceptors (Lipinski definition) is 2. The molecule has 20 aromatic rings. The molecule has 0 N–H and O–H groups in total. The van der Waals surface area contributed by atoms with Crippen LogP contribution in [0.4, 0.5) is 34.1 Å². The zero-order valence-electron chi connectivity index (χ0n) is 61.4. The van der Waals surface area contributed by atoms with E-state index in [2.05, 4.69) is 447 Å². The molecule has 0 spiro atoms. The Morgan fingerprint density at radius 1 is 0.202 bits per heavy atom. The topological polar surface area (TPSA) is 16.3 Å². The monoisotopic (exact) mass is 1390 g/mol. The van der Waals surface area contributed by atoms with Gasteiger partial charge in [-0.25, -0.2) is 0 Å². The van der Waals surface area contributed by atoms with Crippen molar-refractivity contribution in [3.63, 3.8) is 0 Å². The largest absolute Gasteiger partial charge is 0.310 e. The molecule has 0 aliphatic carbocycles. The Labute approximate surface area is 636 Å². The van der Waals surface area contributed by atoms with Crippen LogP contribution >= 0.6 is 0 Å². The van der Waals surface area contributed by atoms with Crippen molar-refractivity contribution >= 4 is 121 Å². The summed E-state index contributed by atoms with van der Waals surface area (Å²) in [5.74, 6) is 0. The fraction of sp³-hybridized carbons (Fsp3) is 0.0476. The summed E-state index contributed by atoms with van der Waals surface area (Å²) < 4.78 is 4.82. The van der Waals surface area contributed by atoms with Crippen LogP contribution in [-0.4, -0.2) is 9.13 Å². The van der Waals surface area contributed by atoms with Crippen molar-refractivity contribution in [2.75, 3.05) is 9.80 Å². The average molecular weight is 1400 g/mol. The van der Waals surface area contributed by atoms with Gasteiger partial charge in [0.2, 0.25) is 0 Å². The molecular weight excluding hydrogens is 1320 g/mol. The van der Waals surface area contributed by atoms with Crippen molar-refractivity contribution in [2.24, 2.45) is 0 Å². The third kappa shape index (κ3) is 11.8. The van der Waals surface area contributed by atoms with Crippen molar-refractivity contribution in [2.45, 2.75) is 33.1 Å². The zero-order chi connectivity index (χ0) is 73.1. The highest BCUT2D eigenvalue weighted by molar-refractivity contribution is 6.23. The minimum Gasteiger partial charge on any atom is -0.310 e. The Bertz CT molecular complexity index is 6580. The lowest BCUT2D eigenvalue weighted by Gasteiger charge is -2.25. The van der Waals surface area contributed by atoms with Crippen molar-refractivity contribution in [3.8, 4) is 55.9 Å². The van der Waals surface area contributed by atoms with Gasteiger partial charge in [0.15, 0.2) is 0 Å². The Balaban J connectivity index is 0.000000148. The molecule has 0 unspecified atom stereocenters. The van der Waals surface area contributed by atoms with E-state index < -0.39 is 0 Å². The van der Waals surface area contributed by atoms with Gasteiger partial charge in [0.05, 0.1) is 22.1 Å². The maximum absolute atomic E-state index is 2.41. The molecule has 2 aromatic heterocycles. The van der Waals surface area contributed by atoms with Crippen LogP contribution in [0.1, 0.15) is 31.9 Å². The SMILES string of the molecule is CC(C)(C)c1ccc(-c2c3ccccc3c(-c3ccc(-n4c5ccccc5c5cc(N(c6ccccc6)c6ccccc6)ccc54)cc3)c3ccccc23)cc1.Cc1ccc(-c2c3ccccc3c(-c3ccc(-n4c5ccccc5c5cc(N(c6ccccc6)c6ccccc6)ccc54)cc3)c3ccccc23)cc1. The number of hydrogen-bond donors (Lipinski definition) is 0. The summed E-state index contributed by atoms with van der Waals surface area (Å²) >= 11 is 0. The van der Waals surface area contributed by atoms with Crippen LogP contribution in [0.5, 0.6) is 0 Å². The van der Waals surface area contributed by atoms with E-state index >= 15 is 0 Å². The summed E-state index contributed by atoms with van der Waals surface area (Å²) in [5, 5.41) is 15.1. The standard InChI is InChI=1S/C54H42N2.C51H36N2/c1-54(2,3)39-30-26-37(27-31-39)52-45-21-10-12-23-47(45)53(48-24-13-11-22-46(48)52)38-28-32-42(33-29-38)56-50-25-15-14-20-44(50)49-36-43(34-35-51(49)56)55(40-16-6-4-7-17-40)41-18-8-5-9-19-41;1-35-24-26-36(27-25-35)50-43-19-8-10-21-45(43)51(46-22-11-9-20-44(46)50)37-28-30-40(31-29-37)53-48-23-13-12-18-42(48)47-34-41(32-33-49(47)53)52(38-14-4-2-5-15-38)39-16-6-3-7-17-39/h4-36H,1-3H3;2-34H,1H3. The van der Waals surface area contributed by atoms with Crippen molar-refractivity contribution < 1.29 is 0 Å². The first kappa shape index (κ1) is 65.9. The van der Waals surface area contributed by atoms with Gasteiger partial charge in [0, 0.05) is 67.0 Å². The lowest BCUT2D eigenvalue weighted by Crippen LogP contribution is -2.10. The zero-order valence-corrected chi connectivity index (χ0v) is 61.4. The lowest BCUT2D eigenvalue weighted by atomic mass is 9.83. The molecule has 109 heavy (non-hydrogen) atoms. The van der Waals surface area contributed by atoms with Crippen molar-refractivity contribution in [1.29, 1.82) is 0 Å². The van der Waals surface area contributed by atoms with Crippen LogP contribution in [0, 0.1) is 6.92 Å². The number of para-hydroxylation sites is 6. The second-order valence-electron chi connectivity index (χ2n) is 29.6. The maximum Gasteiger partial charge on any atom is 0.0542 e. The Kier molecular flexibility index (Phi) is 16.7. The van der Waals surface area contributed by atoms with Gasteiger partial charge >= 0.3 is 0 Å². The van der Waals surface area contributed by atoms with Gasteiger partial charge in [0.25, 0.3) is 0 Å². The minimum atomic E-state index is 0.104. The van der Waals surface area contributed by atoms with Crippen LogP contribution in [-0.2, 0) is 5.41 Å². The van der Waals surface area contributed by atoms with Crippen LogP contribution in [0.25, 0.3) is 143 Å². The predicted octanol–water partition coefficient (Wildman–Crippen LogP) is 29.4. The van der Waals surface area contributed by atoms with Gasteiger partial charge in [-0.3, -0.25) is 0 Å². The van der Waals surface area contributed by atoms with Crippen LogP contribution < -0.4 is 9.80 Å². The second kappa shape index (κ2) is 27.6. The summed E-state index contributed by atoms with van der Waals surface area (Å²) in [7, 11) is 0. The first-order valence-corrected chi connectivity index (χ1v) is 37.8. The Hall–Kier alpha value is -13.8. The van der Waals surface area contributed by atoms with Crippen LogP contribution in [0.15, 0.2) is 400 Å². The molecule has 0 aliphatic rings. The number of nitrogens with zero attached hydrogens (tertiary/aromatic N) is 4. The highest BCUT2D eigenvalue weighted by Gasteiger charge is 2.24.